The highest BCUT2D eigenvalue weighted by molar-refractivity contribution is 8.23. The van der Waals surface area contributed by atoms with Crippen LogP contribution in [0.15, 0.2) is 18.2 Å². The normalized spacial score (nSPS) is 14.9. The van der Waals surface area contributed by atoms with Crippen LogP contribution in [0.4, 0.5) is 11.4 Å². The standard InChI is InChI=1S/C16H21N3O4S2/c1-11-5-7-18(8-6-11)16(24)25-10-15(20)17-13-9-12(19(21)22)3-4-14(13)23-2/h3-4,9,11H,5-8,10H2,1-2H3,(H,17,20). The van der Waals surface area contributed by atoms with Crippen molar-refractivity contribution in [3.8, 4) is 5.75 Å². The SMILES string of the molecule is COc1ccc([N+](=O)[O-])cc1NC(=O)CSC(=S)N1CCC(C)CC1. The minimum absolute atomic E-state index is 0.110. The van der Waals surface area contributed by atoms with Crippen LogP contribution in [0, 0.1) is 16.0 Å². The molecule has 1 amide bonds. The summed E-state index contributed by atoms with van der Waals surface area (Å²) >= 11 is 6.70. The molecule has 136 valence electrons. The van der Waals surface area contributed by atoms with Gasteiger partial charge in [0.05, 0.1) is 23.5 Å². The van der Waals surface area contributed by atoms with E-state index in [1.54, 1.807) is 0 Å². The van der Waals surface area contributed by atoms with Crippen LogP contribution in [0.5, 0.6) is 5.75 Å². The number of thiocarbonyl (C=S) groups is 1. The summed E-state index contributed by atoms with van der Waals surface area (Å²) in [6.45, 7) is 4.08. The molecule has 0 radical (unpaired) electrons. The van der Waals surface area contributed by atoms with Gasteiger partial charge in [0.1, 0.15) is 10.1 Å². The number of nitrogens with zero attached hydrogens (tertiary/aromatic N) is 2. The maximum atomic E-state index is 12.2. The number of nitrogens with one attached hydrogen (secondary N) is 1. The van der Waals surface area contributed by atoms with Crippen LogP contribution in [0.25, 0.3) is 0 Å². The Bertz CT molecular complexity index is 661. The second-order valence-corrected chi connectivity index (χ2v) is 7.52. The molecule has 1 heterocycles. The zero-order valence-electron chi connectivity index (χ0n) is 14.2. The highest BCUT2D eigenvalue weighted by atomic mass is 32.2. The van der Waals surface area contributed by atoms with Gasteiger partial charge in [-0.05, 0) is 24.8 Å². The molecule has 1 aliphatic rings. The molecule has 0 atom stereocenters. The van der Waals surface area contributed by atoms with E-state index in [9.17, 15) is 14.9 Å². The number of ether oxygens (including phenoxy) is 1. The molecule has 1 fully saturated rings. The Labute approximate surface area is 156 Å². The van der Waals surface area contributed by atoms with Gasteiger partial charge in [0, 0.05) is 25.2 Å². The van der Waals surface area contributed by atoms with Gasteiger partial charge < -0.3 is 15.0 Å². The van der Waals surface area contributed by atoms with Crippen molar-refractivity contribution >= 4 is 45.6 Å². The molecule has 1 saturated heterocycles. The largest absolute Gasteiger partial charge is 0.495 e. The van der Waals surface area contributed by atoms with Crippen LogP contribution in [0.1, 0.15) is 19.8 Å². The summed E-state index contributed by atoms with van der Waals surface area (Å²) in [5.74, 6) is 0.957. The maximum absolute atomic E-state index is 12.2. The van der Waals surface area contributed by atoms with Crippen LogP contribution in [0.2, 0.25) is 0 Å². The maximum Gasteiger partial charge on any atom is 0.271 e. The Hall–Kier alpha value is -1.87. The average Bonchev–Trinajstić information content (AvgIpc) is 2.60. The number of rotatable bonds is 5. The van der Waals surface area contributed by atoms with Gasteiger partial charge in [-0.2, -0.15) is 0 Å². The van der Waals surface area contributed by atoms with Crippen molar-refractivity contribution in [3.05, 3.63) is 28.3 Å². The molecule has 0 aliphatic carbocycles. The third-order valence-electron chi connectivity index (χ3n) is 4.04. The lowest BCUT2D eigenvalue weighted by atomic mass is 10.00. The van der Waals surface area contributed by atoms with E-state index in [0.29, 0.717) is 16.0 Å². The monoisotopic (exact) mass is 383 g/mol. The Balaban J connectivity index is 1.90. The zero-order chi connectivity index (χ0) is 18.4. The number of non-ortho nitro benzene ring substituents is 1. The smallest absolute Gasteiger partial charge is 0.271 e. The number of amides is 1. The highest BCUT2D eigenvalue weighted by Crippen LogP contribution is 2.29. The fourth-order valence-electron chi connectivity index (χ4n) is 2.50. The number of nitro benzene ring substituents is 1. The van der Waals surface area contributed by atoms with E-state index in [0.717, 1.165) is 25.9 Å². The summed E-state index contributed by atoms with van der Waals surface area (Å²) in [6.07, 6.45) is 2.22. The minimum Gasteiger partial charge on any atom is -0.495 e. The van der Waals surface area contributed by atoms with E-state index < -0.39 is 4.92 Å². The van der Waals surface area contributed by atoms with Crippen molar-refractivity contribution in [1.29, 1.82) is 0 Å². The third kappa shape index (κ3) is 5.57. The average molecular weight is 383 g/mol. The number of anilines is 1. The molecule has 0 bridgehead atoms. The lowest BCUT2D eigenvalue weighted by Crippen LogP contribution is -2.36. The minimum atomic E-state index is -0.518. The van der Waals surface area contributed by atoms with Gasteiger partial charge in [-0.1, -0.05) is 30.9 Å². The summed E-state index contributed by atoms with van der Waals surface area (Å²) in [4.78, 5) is 24.7. The number of carbonyl (C=O) groups excluding carboxylic acids is 1. The molecule has 25 heavy (non-hydrogen) atoms. The topological polar surface area (TPSA) is 84.7 Å². The van der Waals surface area contributed by atoms with Gasteiger partial charge in [-0.3, -0.25) is 14.9 Å². The van der Waals surface area contributed by atoms with Crippen LogP contribution in [0.3, 0.4) is 0 Å². The van der Waals surface area contributed by atoms with Crippen molar-refractivity contribution in [2.75, 3.05) is 31.3 Å². The molecular formula is C16H21N3O4S2. The lowest BCUT2D eigenvalue weighted by Gasteiger charge is -2.31. The third-order valence-corrected chi connectivity index (χ3v) is 5.56. The number of hydrogen-bond donors (Lipinski definition) is 1. The Kier molecular flexibility index (Phi) is 7.01. The van der Waals surface area contributed by atoms with Gasteiger partial charge in [0.15, 0.2) is 0 Å². The molecule has 9 heteroatoms. The van der Waals surface area contributed by atoms with Gasteiger partial charge in [-0.25, -0.2) is 0 Å². The molecule has 2 rings (SSSR count). The first-order valence-electron chi connectivity index (χ1n) is 7.94. The summed E-state index contributed by atoms with van der Waals surface area (Å²) in [6, 6.07) is 4.07. The summed E-state index contributed by atoms with van der Waals surface area (Å²) in [5, 5.41) is 13.5. The van der Waals surface area contributed by atoms with E-state index in [-0.39, 0.29) is 23.0 Å². The predicted octanol–water partition coefficient (Wildman–Crippen LogP) is 3.29. The summed E-state index contributed by atoms with van der Waals surface area (Å²) in [5.41, 5.74) is 0.168. The first-order chi connectivity index (χ1) is 11.9. The number of piperidine rings is 1. The fraction of sp³-hybridized carbons (Fsp3) is 0.500. The van der Waals surface area contributed by atoms with E-state index in [2.05, 4.69) is 17.1 Å². The molecule has 0 saturated carbocycles. The Morgan fingerprint density at radius 1 is 1.48 bits per heavy atom. The van der Waals surface area contributed by atoms with E-state index in [1.165, 1.54) is 37.1 Å². The highest BCUT2D eigenvalue weighted by Gasteiger charge is 2.19. The fourth-order valence-corrected chi connectivity index (χ4v) is 3.55. The van der Waals surface area contributed by atoms with Crippen molar-refractivity contribution in [2.45, 2.75) is 19.8 Å². The van der Waals surface area contributed by atoms with E-state index >= 15 is 0 Å². The Morgan fingerprint density at radius 3 is 2.76 bits per heavy atom. The molecule has 0 aromatic heterocycles. The first kappa shape index (κ1) is 19.5. The number of thioether (sulfide) groups is 1. The number of carbonyl (C=O) groups is 1. The molecule has 1 aromatic carbocycles. The number of hydrogen-bond acceptors (Lipinski definition) is 6. The molecule has 0 spiro atoms. The summed E-state index contributed by atoms with van der Waals surface area (Å²) in [7, 11) is 1.44. The molecule has 0 unspecified atom stereocenters. The molecule has 7 nitrogen and oxygen atoms in total. The lowest BCUT2D eigenvalue weighted by molar-refractivity contribution is -0.384. The van der Waals surface area contributed by atoms with Crippen LogP contribution >= 0.6 is 24.0 Å². The first-order valence-corrected chi connectivity index (χ1v) is 9.34. The molecular weight excluding hydrogens is 362 g/mol. The Morgan fingerprint density at radius 2 is 2.16 bits per heavy atom. The van der Waals surface area contributed by atoms with Crippen LogP contribution in [-0.4, -0.2) is 46.0 Å². The van der Waals surface area contributed by atoms with Gasteiger partial charge in [-0.15, -0.1) is 0 Å². The van der Waals surface area contributed by atoms with E-state index in [4.69, 9.17) is 17.0 Å². The van der Waals surface area contributed by atoms with Gasteiger partial charge in [0.25, 0.3) is 5.69 Å². The molecule has 1 aromatic rings. The second kappa shape index (κ2) is 9.00. The van der Waals surface area contributed by atoms with Crippen molar-refractivity contribution in [2.24, 2.45) is 5.92 Å². The van der Waals surface area contributed by atoms with Gasteiger partial charge in [0.2, 0.25) is 5.91 Å². The number of benzene rings is 1. The van der Waals surface area contributed by atoms with Crippen molar-refractivity contribution in [1.82, 2.24) is 4.90 Å². The zero-order valence-corrected chi connectivity index (χ0v) is 15.8. The van der Waals surface area contributed by atoms with Crippen molar-refractivity contribution in [3.63, 3.8) is 0 Å². The number of methoxy groups -OCH3 is 1. The second-order valence-electron chi connectivity index (χ2n) is 5.91. The quantitative estimate of drug-likeness (QED) is 0.474. The summed E-state index contributed by atoms with van der Waals surface area (Å²) < 4.78 is 5.85. The van der Waals surface area contributed by atoms with Crippen LogP contribution in [-0.2, 0) is 4.79 Å². The van der Waals surface area contributed by atoms with E-state index in [1.807, 2.05) is 0 Å². The van der Waals surface area contributed by atoms with Crippen molar-refractivity contribution < 1.29 is 14.5 Å². The predicted molar refractivity (Wildman–Crippen MR) is 103 cm³/mol. The van der Waals surface area contributed by atoms with Crippen LogP contribution < -0.4 is 10.1 Å². The number of nitro groups is 1. The molecule has 1 N–H and O–H groups in total. The molecule has 1 aliphatic heterocycles. The van der Waals surface area contributed by atoms with Gasteiger partial charge >= 0.3 is 0 Å². The number of likely N-dealkylation sites (tertiary alicyclic amines) is 1.